The topological polar surface area (TPSA) is 56.1 Å². The van der Waals surface area contributed by atoms with Crippen molar-refractivity contribution in [1.82, 2.24) is 9.97 Å². The Labute approximate surface area is 137 Å². The molecule has 0 aliphatic carbocycles. The van der Waals surface area contributed by atoms with Crippen LogP contribution in [-0.2, 0) is 0 Å². The van der Waals surface area contributed by atoms with E-state index < -0.39 is 0 Å². The van der Waals surface area contributed by atoms with Crippen LogP contribution in [0, 0.1) is 17.2 Å². The summed E-state index contributed by atoms with van der Waals surface area (Å²) in [7, 11) is 4.06. The number of nitrogens with zero attached hydrogens (tertiary/aromatic N) is 5. The zero-order valence-electron chi connectivity index (χ0n) is 13.6. The van der Waals surface area contributed by atoms with Gasteiger partial charge < -0.3 is 9.80 Å². The predicted molar refractivity (Wildman–Crippen MR) is 92.3 cm³/mol. The molecule has 1 atom stereocenters. The molecule has 1 fully saturated rings. The van der Waals surface area contributed by atoms with Crippen molar-refractivity contribution in [3.63, 3.8) is 0 Å². The Bertz CT molecular complexity index is 702. The van der Waals surface area contributed by atoms with E-state index in [1.165, 1.54) is 0 Å². The van der Waals surface area contributed by atoms with Gasteiger partial charge in [0.1, 0.15) is 0 Å². The number of anilines is 2. The quantitative estimate of drug-likeness (QED) is 0.872. The first kappa shape index (κ1) is 15.3. The van der Waals surface area contributed by atoms with E-state index >= 15 is 0 Å². The molecule has 3 rings (SSSR count). The molecule has 1 aliphatic rings. The maximum absolute atomic E-state index is 9.14. The van der Waals surface area contributed by atoms with Gasteiger partial charge in [0.15, 0.2) is 0 Å². The summed E-state index contributed by atoms with van der Waals surface area (Å²) in [6.45, 7) is 1.64. The van der Waals surface area contributed by atoms with Gasteiger partial charge in [-0.3, -0.25) is 0 Å². The van der Waals surface area contributed by atoms with Gasteiger partial charge in [0.2, 0.25) is 5.95 Å². The van der Waals surface area contributed by atoms with Crippen molar-refractivity contribution in [2.24, 2.45) is 5.92 Å². The van der Waals surface area contributed by atoms with Crippen LogP contribution in [-0.4, -0.2) is 37.2 Å². The van der Waals surface area contributed by atoms with Gasteiger partial charge in [-0.1, -0.05) is 12.1 Å². The number of hydrogen-bond acceptors (Lipinski definition) is 5. The molecular weight excluding hydrogens is 286 g/mol. The van der Waals surface area contributed by atoms with Crippen molar-refractivity contribution in [2.75, 3.05) is 37.0 Å². The van der Waals surface area contributed by atoms with E-state index in [4.69, 9.17) is 10.2 Å². The Balaban J connectivity index is 1.83. The van der Waals surface area contributed by atoms with Crippen LogP contribution >= 0.6 is 0 Å². The molecule has 1 unspecified atom stereocenters. The molecule has 1 aliphatic heterocycles. The molecule has 1 aromatic carbocycles. The summed E-state index contributed by atoms with van der Waals surface area (Å²) in [5, 5.41) is 9.14. The van der Waals surface area contributed by atoms with Crippen molar-refractivity contribution in [3.05, 3.63) is 36.5 Å². The van der Waals surface area contributed by atoms with Crippen molar-refractivity contribution in [2.45, 2.75) is 12.8 Å². The van der Waals surface area contributed by atoms with E-state index in [0.717, 1.165) is 48.8 Å². The minimum absolute atomic E-state index is 0.0791. The molecule has 118 valence electrons. The highest BCUT2D eigenvalue weighted by Gasteiger charge is 2.21. The fraction of sp³-hybridized carbons (Fsp3) is 0.389. The van der Waals surface area contributed by atoms with Crippen LogP contribution < -0.4 is 9.80 Å². The molecule has 0 bridgehead atoms. The lowest BCUT2D eigenvalue weighted by Gasteiger charge is -2.29. The molecule has 2 heterocycles. The minimum atomic E-state index is 0.0791. The SMILES string of the molecule is CN(C)c1ccc(-c2ccnc(N3CCCC(C#N)C3)n2)cc1. The fourth-order valence-electron chi connectivity index (χ4n) is 2.86. The third kappa shape index (κ3) is 3.42. The Morgan fingerprint density at radius 3 is 2.70 bits per heavy atom. The van der Waals surface area contributed by atoms with Crippen LogP contribution in [0.2, 0.25) is 0 Å². The summed E-state index contributed by atoms with van der Waals surface area (Å²) < 4.78 is 0. The summed E-state index contributed by atoms with van der Waals surface area (Å²) in [6, 6.07) is 12.6. The molecular formula is C18H21N5. The van der Waals surface area contributed by atoms with Gasteiger partial charge in [0, 0.05) is 44.6 Å². The van der Waals surface area contributed by atoms with Crippen LogP contribution in [0.1, 0.15) is 12.8 Å². The molecule has 1 saturated heterocycles. The number of benzene rings is 1. The maximum Gasteiger partial charge on any atom is 0.225 e. The minimum Gasteiger partial charge on any atom is -0.378 e. The Morgan fingerprint density at radius 2 is 2.00 bits per heavy atom. The first-order valence-electron chi connectivity index (χ1n) is 7.93. The second-order valence-electron chi connectivity index (χ2n) is 6.10. The number of rotatable bonds is 3. The smallest absolute Gasteiger partial charge is 0.225 e. The van der Waals surface area contributed by atoms with Crippen LogP contribution in [0.4, 0.5) is 11.6 Å². The van der Waals surface area contributed by atoms with Crippen LogP contribution in [0.25, 0.3) is 11.3 Å². The average molecular weight is 307 g/mol. The Hall–Kier alpha value is -2.61. The number of aromatic nitrogens is 2. The van der Waals surface area contributed by atoms with Crippen molar-refractivity contribution < 1.29 is 0 Å². The largest absolute Gasteiger partial charge is 0.378 e. The van der Waals surface area contributed by atoms with Crippen molar-refractivity contribution >= 4 is 11.6 Å². The zero-order chi connectivity index (χ0) is 16.2. The van der Waals surface area contributed by atoms with Gasteiger partial charge >= 0.3 is 0 Å². The van der Waals surface area contributed by atoms with Crippen LogP contribution in [0.3, 0.4) is 0 Å². The highest BCUT2D eigenvalue weighted by molar-refractivity contribution is 5.63. The number of nitriles is 1. The lowest BCUT2D eigenvalue weighted by Crippen LogP contribution is -2.36. The lowest BCUT2D eigenvalue weighted by molar-refractivity contribution is 0.487. The average Bonchev–Trinajstić information content (AvgIpc) is 2.62. The first-order valence-corrected chi connectivity index (χ1v) is 7.93. The second-order valence-corrected chi connectivity index (χ2v) is 6.10. The third-order valence-corrected chi connectivity index (χ3v) is 4.21. The molecule has 0 N–H and O–H groups in total. The fourth-order valence-corrected chi connectivity index (χ4v) is 2.86. The van der Waals surface area contributed by atoms with Gasteiger partial charge in [0.25, 0.3) is 0 Å². The Kier molecular flexibility index (Phi) is 4.42. The maximum atomic E-state index is 9.14. The van der Waals surface area contributed by atoms with E-state index in [2.05, 4.69) is 45.1 Å². The van der Waals surface area contributed by atoms with Gasteiger partial charge in [-0.2, -0.15) is 5.26 Å². The summed E-state index contributed by atoms with van der Waals surface area (Å²) in [4.78, 5) is 13.3. The van der Waals surface area contributed by atoms with Gasteiger partial charge in [-0.05, 0) is 31.0 Å². The molecule has 0 spiro atoms. The first-order chi connectivity index (χ1) is 11.2. The summed E-state index contributed by atoms with van der Waals surface area (Å²) in [5.74, 6) is 0.800. The predicted octanol–water partition coefficient (Wildman–Crippen LogP) is 2.95. The van der Waals surface area contributed by atoms with Gasteiger partial charge in [0.05, 0.1) is 17.7 Å². The Morgan fingerprint density at radius 1 is 1.22 bits per heavy atom. The van der Waals surface area contributed by atoms with Crippen LogP contribution in [0.5, 0.6) is 0 Å². The van der Waals surface area contributed by atoms with Crippen molar-refractivity contribution in [1.29, 1.82) is 5.26 Å². The molecule has 0 saturated carbocycles. The highest BCUT2D eigenvalue weighted by Crippen LogP contribution is 2.24. The normalized spacial score (nSPS) is 17.6. The van der Waals surface area contributed by atoms with E-state index in [-0.39, 0.29) is 5.92 Å². The summed E-state index contributed by atoms with van der Waals surface area (Å²) >= 11 is 0. The van der Waals surface area contributed by atoms with Gasteiger partial charge in [-0.25, -0.2) is 9.97 Å². The third-order valence-electron chi connectivity index (χ3n) is 4.21. The lowest BCUT2D eigenvalue weighted by atomic mass is 10.0. The van der Waals surface area contributed by atoms with E-state index in [1.807, 2.05) is 20.2 Å². The molecule has 23 heavy (non-hydrogen) atoms. The molecule has 0 amide bonds. The number of piperidine rings is 1. The summed E-state index contributed by atoms with van der Waals surface area (Å²) in [5.41, 5.74) is 3.16. The van der Waals surface area contributed by atoms with Crippen LogP contribution in [0.15, 0.2) is 36.5 Å². The second kappa shape index (κ2) is 6.66. The summed E-state index contributed by atoms with van der Waals surface area (Å²) in [6.07, 6.45) is 3.79. The zero-order valence-corrected chi connectivity index (χ0v) is 13.6. The molecule has 0 radical (unpaired) electrons. The van der Waals surface area contributed by atoms with Gasteiger partial charge in [-0.15, -0.1) is 0 Å². The molecule has 2 aromatic rings. The monoisotopic (exact) mass is 307 g/mol. The van der Waals surface area contributed by atoms with E-state index in [9.17, 15) is 0 Å². The molecule has 5 nitrogen and oxygen atoms in total. The van der Waals surface area contributed by atoms with E-state index in [1.54, 1.807) is 6.20 Å². The standard InChI is InChI=1S/C18H21N5/c1-22(2)16-7-5-15(6-8-16)17-9-10-20-18(21-17)23-11-3-4-14(12-19)13-23/h5-10,14H,3-4,11,13H2,1-2H3. The molecule has 5 heteroatoms. The van der Waals surface area contributed by atoms with Crippen molar-refractivity contribution in [3.8, 4) is 17.3 Å². The van der Waals surface area contributed by atoms with E-state index in [0.29, 0.717) is 0 Å². The molecule has 1 aromatic heterocycles. The number of hydrogen-bond donors (Lipinski definition) is 0. The highest BCUT2D eigenvalue weighted by atomic mass is 15.3.